The van der Waals surface area contributed by atoms with Crippen molar-refractivity contribution in [2.45, 2.75) is 200 Å². The van der Waals surface area contributed by atoms with Crippen LogP contribution in [0.1, 0.15) is 194 Å². The van der Waals surface area contributed by atoms with Crippen molar-refractivity contribution in [2.24, 2.45) is 5.92 Å². The second-order valence-electron chi connectivity index (χ2n) is 13.5. The van der Waals surface area contributed by atoms with Gasteiger partial charge in [0.2, 0.25) is 0 Å². The van der Waals surface area contributed by atoms with Crippen LogP contribution in [0.25, 0.3) is 0 Å². The normalized spacial score (nSPS) is 13.5. The standard InChI is InChI=1S/C41H81NO2/c1-5-7-9-11-13-15-17-19-21-23-25-27-29-31-33-35-37-44-39-41(42-4)40(3)38-43-36-34-32-30-28-26-24-22-20-18-16-14-12-10-8-6-2/h19-22,40-42H,5-18,23-39H2,1-4H3/b21-19-,22-20-. The van der Waals surface area contributed by atoms with Crippen molar-refractivity contribution in [3.8, 4) is 0 Å². The van der Waals surface area contributed by atoms with Crippen molar-refractivity contribution in [3.63, 3.8) is 0 Å². The number of ether oxygens (including phenoxy) is 2. The Kier molecular flexibility index (Phi) is 38.0. The molecule has 0 saturated carbocycles. The lowest BCUT2D eigenvalue weighted by molar-refractivity contribution is 0.0526. The molecule has 0 heterocycles. The number of likely N-dealkylation sites (N-methyl/N-ethyl adjacent to an activating group) is 1. The molecule has 0 aliphatic heterocycles. The summed E-state index contributed by atoms with van der Waals surface area (Å²) in [5.41, 5.74) is 0. The van der Waals surface area contributed by atoms with Gasteiger partial charge in [0.25, 0.3) is 0 Å². The third-order valence-corrected chi connectivity index (χ3v) is 9.09. The van der Waals surface area contributed by atoms with Gasteiger partial charge in [-0.1, -0.05) is 154 Å². The summed E-state index contributed by atoms with van der Waals surface area (Å²) in [6, 6.07) is 0.373. The molecule has 0 saturated heterocycles. The highest BCUT2D eigenvalue weighted by Crippen LogP contribution is 2.12. The van der Waals surface area contributed by atoms with Gasteiger partial charge in [-0.25, -0.2) is 0 Å². The molecule has 3 heteroatoms. The molecule has 2 unspecified atom stereocenters. The van der Waals surface area contributed by atoms with Gasteiger partial charge in [-0.05, 0) is 77.2 Å². The lowest BCUT2D eigenvalue weighted by atomic mass is 10.0. The molecule has 0 aromatic rings. The molecule has 44 heavy (non-hydrogen) atoms. The Labute approximate surface area is 278 Å². The average molecular weight is 620 g/mol. The summed E-state index contributed by atoms with van der Waals surface area (Å²) in [5.74, 6) is 0.475. The van der Waals surface area contributed by atoms with Gasteiger partial charge in [-0.2, -0.15) is 0 Å². The van der Waals surface area contributed by atoms with Crippen LogP contribution >= 0.6 is 0 Å². The van der Waals surface area contributed by atoms with Crippen LogP contribution < -0.4 is 5.32 Å². The van der Waals surface area contributed by atoms with Crippen molar-refractivity contribution in [3.05, 3.63) is 24.3 Å². The first kappa shape index (κ1) is 43.4. The van der Waals surface area contributed by atoms with E-state index in [1.807, 2.05) is 0 Å². The molecule has 0 aliphatic carbocycles. The Morgan fingerprint density at radius 2 is 0.750 bits per heavy atom. The monoisotopic (exact) mass is 620 g/mol. The molecule has 0 aromatic carbocycles. The van der Waals surface area contributed by atoms with Gasteiger partial charge in [0.1, 0.15) is 0 Å². The Morgan fingerprint density at radius 3 is 1.11 bits per heavy atom. The van der Waals surface area contributed by atoms with Crippen LogP contribution in [-0.4, -0.2) is 39.5 Å². The first-order valence-corrected chi connectivity index (χ1v) is 19.9. The zero-order valence-electron chi connectivity index (χ0n) is 30.7. The van der Waals surface area contributed by atoms with E-state index in [-0.39, 0.29) is 0 Å². The van der Waals surface area contributed by atoms with Gasteiger partial charge in [0.15, 0.2) is 0 Å². The summed E-state index contributed by atoms with van der Waals surface area (Å²) in [6.45, 7) is 10.3. The quantitative estimate of drug-likeness (QED) is 0.0554. The summed E-state index contributed by atoms with van der Waals surface area (Å²) in [5, 5.41) is 3.45. The van der Waals surface area contributed by atoms with E-state index in [0.717, 1.165) is 26.4 Å². The van der Waals surface area contributed by atoms with E-state index >= 15 is 0 Å². The predicted octanol–water partition coefficient (Wildman–Crippen LogP) is 12.9. The van der Waals surface area contributed by atoms with Crippen LogP contribution in [0.4, 0.5) is 0 Å². The first-order valence-electron chi connectivity index (χ1n) is 19.9. The number of allylic oxidation sites excluding steroid dienone is 4. The zero-order valence-corrected chi connectivity index (χ0v) is 30.7. The summed E-state index contributed by atoms with van der Waals surface area (Å²) < 4.78 is 12.1. The third-order valence-electron chi connectivity index (χ3n) is 9.09. The van der Waals surface area contributed by atoms with Gasteiger partial charge in [0.05, 0.1) is 13.2 Å². The molecule has 1 N–H and O–H groups in total. The van der Waals surface area contributed by atoms with Gasteiger partial charge in [0, 0.05) is 19.3 Å². The van der Waals surface area contributed by atoms with E-state index in [2.05, 4.69) is 57.4 Å². The van der Waals surface area contributed by atoms with E-state index in [4.69, 9.17) is 9.47 Å². The SMILES string of the molecule is CCCCCCCC/C=C\CCCCCCCCOCC(NC)C(C)COCCCCCCC/C=C\CCCCCCCC. The molecule has 0 spiro atoms. The Hall–Kier alpha value is -0.640. The third kappa shape index (κ3) is 34.2. The Balaban J connectivity index is 3.44. The molecule has 3 nitrogen and oxygen atoms in total. The van der Waals surface area contributed by atoms with Crippen LogP contribution in [0.3, 0.4) is 0 Å². The van der Waals surface area contributed by atoms with Crippen LogP contribution in [-0.2, 0) is 9.47 Å². The van der Waals surface area contributed by atoms with E-state index in [0.29, 0.717) is 12.0 Å². The van der Waals surface area contributed by atoms with Crippen LogP contribution in [0.2, 0.25) is 0 Å². The minimum absolute atomic E-state index is 0.373. The van der Waals surface area contributed by atoms with Crippen LogP contribution in [0.5, 0.6) is 0 Å². The minimum atomic E-state index is 0.373. The highest BCUT2D eigenvalue weighted by Gasteiger charge is 2.15. The van der Waals surface area contributed by atoms with Crippen molar-refractivity contribution in [2.75, 3.05) is 33.5 Å². The van der Waals surface area contributed by atoms with Crippen LogP contribution in [0, 0.1) is 5.92 Å². The fourth-order valence-electron chi connectivity index (χ4n) is 5.85. The maximum absolute atomic E-state index is 6.03. The smallest absolute Gasteiger partial charge is 0.0622 e. The number of hydrogen-bond donors (Lipinski definition) is 1. The topological polar surface area (TPSA) is 30.5 Å². The van der Waals surface area contributed by atoms with Crippen molar-refractivity contribution in [1.82, 2.24) is 5.32 Å². The van der Waals surface area contributed by atoms with Gasteiger partial charge in [-0.15, -0.1) is 0 Å². The number of nitrogens with one attached hydrogen (secondary N) is 1. The van der Waals surface area contributed by atoms with Gasteiger partial charge in [-0.3, -0.25) is 0 Å². The minimum Gasteiger partial charge on any atom is -0.381 e. The van der Waals surface area contributed by atoms with Crippen LogP contribution in [0.15, 0.2) is 24.3 Å². The maximum atomic E-state index is 6.03. The summed E-state index contributed by atoms with van der Waals surface area (Å²) in [7, 11) is 2.05. The molecular formula is C41H81NO2. The lowest BCUT2D eigenvalue weighted by Gasteiger charge is -2.23. The predicted molar refractivity (Wildman–Crippen MR) is 198 cm³/mol. The molecule has 0 aromatic heterocycles. The Morgan fingerprint density at radius 1 is 0.432 bits per heavy atom. The highest BCUT2D eigenvalue weighted by atomic mass is 16.5. The molecule has 0 radical (unpaired) electrons. The fourth-order valence-corrected chi connectivity index (χ4v) is 5.85. The molecule has 0 aliphatic rings. The lowest BCUT2D eigenvalue weighted by Crippen LogP contribution is -2.38. The van der Waals surface area contributed by atoms with Gasteiger partial charge >= 0.3 is 0 Å². The molecule has 0 fully saturated rings. The molecule has 0 rings (SSSR count). The summed E-state index contributed by atoms with van der Waals surface area (Å²) in [6.07, 6.45) is 46.0. The first-order chi connectivity index (χ1) is 21.8. The fraction of sp³-hybridized carbons (Fsp3) is 0.902. The number of unbranched alkanes of at least 4 members (excludes halogenated alkanes) is 23. The molecule has 0 amide bonds. The van der Waals surface area contributed by atoms with E-state index in [1.165, 1.54) is 173 Å². The summed E-state index contributed by atoms with van der Waals surface area (Å²) >= 11 is 0. The van der Waals surface area contributed by atoms with Crippen molar-refractivity contribution in [1.29, 1.82) is 0 Å². The average Bonchev–Trinajstić information content (AvgIpc) is 3.03. The second-order valence-corrected chi connectivity index (χ2v) is 13.5. The second kappa shape index (κ2) is 38.5. The largest absolute Gasteiger partial charge is 0.381 e. The highest BCUT2D eigenvalue weighted by molar-refractivity contribution is 4.82. The van der Waals surface area contributed by atoms with E-state index < -0.39 is 0 Å². The molecular weight excluding hydrogens is 538 g/mol. The molecule has 2 atom stereocenters. The van der Waals surface area contributed by atoms with E-state index in [9.17, 15) is 0 Å². The Bertz CT molecular complexity index is 575. The molecule has 0 bridgehead atoms. The van der Waals surface area contributed by atoms with Crippen molar-refractivity contribution < 1.29 is 9.47 Å². The number of hydrogen-bond acceptors (Lipinski definition) is 3. The van der Waals surface area contributed by atoms with E-state index in [1.54, 1.807) is 0 Å². The van der Waals surface area contributed by atoms with Crippen molar-refractivity contribution >= 4 is 0 Å². The van der Waals surface area contributed by atoms with Gasteiger partial charge < -0.3 is 14.8 Å². The molecule has 262 valence electrons. The maximum Gasteiger partial charge on any atom is 0.0622 e. The zero-order chi connectivity index (χ0) is 32.0. The summed E-state index contributed by atoms with van der Waals surface area (Å²) in [4.78, 5) is 0. The number of rotatable bonds is 37.